The number of rotatable bonds is 9. The Hall–Kier alpha value is -4.40. The Kier molecular flexibility index (Phi) is 10.8. The number of aldehydes is 1. The number of oxime groups is 1. The van der Waals surface area contributed by atoms with Crippen molar-refractivity contribution in [1.29, 1.82) is 0 Å². The van der Waals surface area contributed by atoms with Gasteiger partial charge in [-0.1, -0.05) is 57.0 Å². The first-order valence-corrected chi connectivity index (χ1v) is 14.4. The zero-order valence-corrected chi connectivity index (χ0v) is 24.5. The average Bonchev–Trinajstić information content (AvgIpc) is 3.55. The monoisotopic (exact) mass is 588 g/mol. The number of carbonyl (C=O) groups is 1. The molecule has 43 heavy (non-hydrogen) atoms. The van der Waals surface area contributed by atoms with Gasteiger partial charge in [0.1, 0.15) is 12.0 Å². The highest BCUT2D eigenvalue weighted by Gasteiger charge is 2.32. The normalized spacial score (nSPS) is 15.9. The molecule has 0 spiro atoms. The second-order valence-corrected chi connectivity index (χ2v) is 10.7. The summed E-state index contributed by atoms with van der Waals surface area (Å²) in [6.45, 7) is 6.37. The van der Waals surface area contributed by atoms with Gasteiger partial charge in [-0.2, -0.15) is 13.2 Å². The summed E-state index contributed by atoms with van der Waals surface area (Å²) in [4.78, 5) is 29.1. The number of nitrogens with zero attached hydrogens (tertiary/aromatic N) is 4. The molecule has 6 nitrogen and oxygen atoms in total. The summed E-state index contributed by atoms with van der Waals surface area (Å²) in [5.41, 5.74) is 4.85. The second kappa shape index (κ2) is 14.7. The predicted molar refractivity (Wildman–Crippen MR) is 161 cm³/mol. The van der Waals surface area contributed by atoms with E-state index in [-0.39, 0.29) is 12.0 Å². The first kappa shape index (κ1) is 31.5. The average molecular weight is 589 g/mol. The molecule has 5 rings (SSSR count). The Labute approximate surface area is 250 Å². The minimum Gasteiger partial charge on any atom is -0.385 e. The standard InChI is InChI=1S/C20H15N3O2.C14H20F3N/c24-13-14-9-15(17-5-1-3-7-21-17)11-16(10-14)19-12-20(25-23-19)18-6-2-4-8-22-18;1-4-10(2)5-6-11(3)12-7-8-13(18-9-12)14(15,16)17/h1-11,13,20H,12H2;7-11H,4-6H2,1-3H3. The van der Waals surface area contributed by atoms with Gasteiger partial charge in [0.2, 0.25) is 0 Å². The van der Waals surface area contributed by atoms with Crippen molar-refractivity contribution >= 4 is 12.0 Å². The molecule has 9 heteroatoms. The molecule has 0 radical (unpaired) electrons. The highest BCUT2D eigenvalue weighted by atomic mass is 19.4. The van der Waals surface area contributed by atoms with Crippen LogP contribution in [0.5, 0.6) is 0 Å². The van der Waals surface area contributed by atoms with Gasteiger partial charge in [-0.05, 0) is 72.4 Å². The van der Waals surface area contributed by atoms with E-state index in [1.807, 2.05) is 61.5 Å². The zero-order valence-electron chi connectivity index (χ0n) is 24.5. The van der Waals surface area contributed by atoms with Crippen molar-refractivity contribution in [2.24, 2.45) is 11.1 Å². The van der Waals surface area contributed by atoms with Gasteiger partial charge in [-0.25, -0.2) is 0 Å². The molecule has 4 aromatic rings. The smallest absolute Gasteiger partial charge is 0.385 e. The topological polar surface area (TPSA) is 77.3 Å². The summed E-state index contributed by atoms with van der Waals surface area (Å²) in [5, 5.41) is 4.21. The van der Waals surface area contributed by atoms with Crippen LogP contribution in [0.15, 0.2) is 90.5 Å². The van der Waals surface area contributed by atoms with E-state index in [4.69, 9.17) is 4.84 Å². The largest absolute Gasteiger partial charge is 0.433 e. The first-order chi connectivity index (χ1) is 20.7. The highest BCUT2D eigenvalue weighted by molar-refractivity contribution is 6.03. The number of pyridine rings is 3. The van der Waals surface area contributed by atoms with Gasteiger partial charge in [-0.3, -0.25) is 19.7 Å². The van der Waals surface area contributed by atoms with Gasteiger partial charge in [0, 0.05) is 41.7 Å². The van der Waals surface area contributed by atoms with Gasteiger partial charge in [-0.15, -0.1) is 0 Å². The minimum atomic E-state index is -4.35. The van der Waals surface area contributed by atoms with Gasteiger partial charge in [0.25, 0.3) is 0 Å². The van der Waals surface area contributed by atoms with E-state index >= 15 is 0 Å². The van der Waals surface area contributed by atoms with Crippen molar-refractivity contribution in [3.05, 3.63) is 113 Å². The van der Waals surface area contributed by atoms with Crippen LogP contribution in [-0.2, 0) is 11.0 Å². The lowest BCUT2D eigenvalue weighted by Crippen LogP contribution is -2.08. The van der Waals surface area contributed by atoms with Crippen LogP contribution in [0.3, 0.4) is 0 Å². The van der Waals surface area contributed by atoms with Crippen molar-refractivity contribution < 1.29 is 22.8 Å². The third-order valence-corrected chi connectivity index (χ3v) is 7.51. The molecular weight excluding hydrogens is 553 g/mol. The maximum atomic E-state index is 12.4. The quantitative estimate of drug-likeness (QED) is 0.183. The Morgan fingerprint density at radius 1 is 0.930 bits per heavy atom. The summed E-state index contributed by atoms with van der Waals surface area (Å²) in [6.07, 6.45) is 4.94. The molecule has 3 atom stereocenters. The molecule has 1 aromatic carbocycles. The number of carbonyl (C=O) groups excluding carboxylic acids is 1. The Bertz CT molecular complexity index is 1490. The van der Waals surface area contributed by atoms with Gasteiger partial charge in [0.05, 0.1) is 17.1 Å². The van der Waals surface area contributed by atoms with E-state index in [1.54, 1.807) is 12.4 Å². The molecule has 1 aliphatic heterocycles. The number of halogens is 3. The lowest BCUT2D eigenvalue weighted by molar-refractivity contribution is -0.141. The summed E-state index contributed by atoms with van der Waals surface area (Å²) >= 11 is 0. The van der Waals surface area contributed by atoms with Crippen LogP contribution in [0, 0.1) is 5.92 Å². The maximum absolute atomic E-state index is 12.4. The van der Waals surface area contributed by atoms with Crippen LogP contribution >= 0.6 is 0 Å². The molecule has 1 aliphatic rings. The fourth-order valence-electron chi connectivity index (χ4n) is 4.61. The Morgan fingerprint density at radius 3 is 2.28 bits per heavy atom. The molecule has 0 saturated carbocycles. The third-order valence-electron chi connectivity index (χ3n) is 7.51. The molecule has 0 aliphatic carbocycles. The van der Waals surface area contributed by atoms with Crippen LogP contribution < -0.4 is 0 Å². The summed E-state index contributed by atoms with van der Waals surface area (Å²) in [6, 6.07) is 19.6. The number of benzene rings is 1. The fourth-order valence-corrected chi connectivity index (χ4v) is 4.61. The SMILES string of the molecule is CCC(C)CCC(C)c1ccc(C(F)(F)F)nc1.O=Cc1cc(C2=NOC(c3ccccn3)C2)cc(-c2ccccn2)c1. The number of alkyl halides is 3. The van der Waals surface area contributed by atoms with Crippen LogP contribution in [0.2, 0.25) is 0 Å². The van der Waals surface area contributed by atoms with Crippen molar-refractivity contribution in [3.63, 3.8) is 0 Å². The van der Waals surface area contributed by atoms with Crippen LogP contribution in [-0.4, -0.2) is 26.9 Å². The predicted octanol–water partition coefficient (Wildman–Crippen LogP) is 8.85. The van der Waals surface area contributed by atoms with E-state index in [2.05, 4.69) is 34.0 Å². The lowest BCUT2D eigenvalue weighted by atomic mass is 9.92. The Morgan fingerprint density at radius 2 is 1.67 bits per heavy atom. The Balaban J connectivity index is 0.000000209. The minimum absolute atomic E-state index is 0.200. The molecule has 0 bridgehead atoms. The van der Waals surface area contributed by atoms with Crippen molar-refractivity contribution in [2.45, 2.75) is 64.7 Å². The molecule has 3 unspecified atom stereocenters. The van der Waals surface area contributed by atoms with Gasteiger partial charge >= 0.3 is 6.18 Å². The number of aromatic nitrogens is 3. The van der Waals surface area contributed by atoms with E-state index in [0.717, 1.165) is 65.4 Å². The van der Waals surface area contributed by atoms with Crippen molar-refractivity contribution in [3.8, 4) is 11.3 Å². The zero-order chi connectivity index (χ0) is 30.8. The number of hydrogen-bond donors (Lipinski definition) is 0. The third kappa shape index (κ3) is 8.80. The fraction of sp³-hybridized carbons (Fsp3) is 0.324. The van der Waals surface area contributed by atoms with Crippen LogP contribution in [0.1, 0.15) is 91.3 Å². The molecule has 0 amide bonds. The summed E-state index contributed by atoms with van der Waals surface area (Å²) < 4.78 is 37.1. The van der Waals surface area contributed by atoms with Crippen LogP contribution in [0.4, 0.5) is 13.2 Å². The molecule has 4 heterocycles. The highest BCUT2D eigenvalue weighted by Crippen LogP contribution is 2.31. The maximum Gasteiger partial charge on any atom is 0.433 e. The van der Waals surface area contributed by atoms with Crippen molar-refractivity contribution in [2.75, 3.05) is 0 Å². The van der Waals surface area contributed by atoms with E-state index in [0.29, 0.717) is 17.9 Å². The molecule has 224 valence electrons. The molecule has 0 N–H and O–H groups in total. The first-order valence-electron chi connectivity index (χ1n) is 14.4. The summed E-state index contributed by atoms with van der Waals surface area (Å²) in [7, 11) is 0. The van der Waals surface area contributed by atoms with E-state index in [9.17, 15) is 18.0 Å². The van der Waals surface area contributed by atoms with Crippen LogP contribution in [0.25, 0.3) is 11.3 Å². The van der Waals surface area contributed by atoms with Crippen molar-refractivity contribution in [1.82, 2.24) is 15.0 Å². The summed E-state index contributed by atoms with van der Waals surface area (Å²) in [5.74, 6) is 0.920. The lowest BCUT2D eigenvalue weighted by Gasteiger charge is -2.15. The van der Waals surface area contributed by atoms with E-state index in [1.165, 1.54) is 12.3 Å². The van der Waals surface area contributed by atoms with Gasteiger partial charge in [0.15, 0.2) is 6.10 Å². The second-order valence-electron chi connectivity index (χ2n) is 10.7. The number of hydrogen-bond acceptors (Lipinski definition) is 6. The molecule has 0 fully saturated rings. The van der Waals surface area contributed by atoms with E-state index < -0.39 is 11.9 Å². The molecule has 3 aromatic heterocycles. The molecular formula is C34H35F3N4O2. The molecule has 0 saturated heterocycles. The van der Waals surface area contributed by atoms with Gasteiger partial charge < -0.3 is 4.84 Å².